The van der Waals surface area contributed by atoms with E-state index in [0.29, 0.717) is 5.56 Å². The molecule has 0 saturated carbocycles. The van der Waals surface area contributed by atoms with Crippen molar-refractivity contribution in [1.29, 1.82) is 0 Å². The highest BCUT2D eigenvalue weighted by Crippen LogP contribution is 2.32. The maximum Gasteiger partial charge on any atom is 0.332 e. The summed E-state index contributed by atoms with van der Waals surface area (Å²) in [6, 6.07) is 2.12. The molecule has 100 valence electrons. The van der Waals surface area contributed by atoms with Gasteiger partial charge in [-0.15, -0.1) is 3.89 Å². The molecular weight excluding hydrogens is 301 g/mol. The molecule has 1 aromatic carbocycles. The van der Waals surface area contributed by atoms with E-state index in [1.54, 1.807) is 25.9 Å². The molecule has 0 saturated heterocycles. The maximum atomic E-state index is 12.8. The third-order valence-electron chi connectivity index (χ3n) is 2.04. The minimum atomic E-state index is -4.79. The first-order valence-corrected chi connectivity index (χ1v) is 6.94. The molecule has 18 heavy (non-hydrogen) atoms. The summed E-state index contributed by atoms with van der Waals surface area (Å²) in [6.45, 7) is 1.55. The number of nitrogens with zero attached hydrogens (tertiary/aromatic N) is 1. The molecule has 0 aliphatic heterocycles. The van der Waals surface area contributed by atoms with Gasteiger partial charge in [-0.1, -0.05) is 11.6 Å². The minimum Gasteiger partial charge on any atom is -0.430 e. The van der Waals surface area contributed by atoms with Crippen LogP contribution in [0.5, 0.6) is 5.75 Å². The average Bonchev–Trinajstić information content (AvgIpc) is 2.21. The lowest BCUT2D eigenvalue weighted by Gasteiger charge is -2.16. The van der Waals surface area contributed by atoms with Gasteiger partial charge in [0.2, 0.25) is 0 Å². The quantitative estimate of drug-likeness (QED) is 0.620. The number of hydrogen-bond donors (Lipinski definition) is 0. The van der Waals surface area contributed by atoms with Gasteiger partial charge in [0.25, 0.3) is 5.17 Å². The summed E-state index contributed by atoms with van der Waals surface area (Å²) in [4.78, 5) is 1.04. The number of aryl methyl sites for hydroxylation is 1. The van der Waals surface area contributed by atoms with Gasteiger partial charge in [-0.3, -0.25) is 0 Å². The van der Waals surface area contributed by atoms with E-state index < -0.39 is 15.1 Å². The first-order valence-electron chi connectivity index (χ1n) is 4.77. The van der Waals surface area contributed by atoms with E-state index in [1.807, 2.05) is 0 Å². The lowest BCUT2D eigenvalue weighted by atomic mass is 10.2. The number of thiocarbonyl (C=S) groups is 1. The van der Waals surface area contributed by atoms with Crippen LogP contribution >= 0.6 is 23.8 Å². The van der Waals surface area contributed by atoms with Gasteiger partial charge in [-0.2, -0.15) is 8.42 Å². The van der Waals surface area contributed by atoms with Crippen LogP contribution in [0.1, 0.15) is 5.56 Å². The number of rotatable bonds is 2. The number of benzene rings is 1. The van der Waals surface area contributed by atoms with Crippen LogP contribution in [0.25, 0.3) is 0 Å². The summed E-state index contributed by atoms with van der Waals surface area (Å²) in [5, 5.41) is 0.145. The highest BCUT2D eigenvalue weighted by atomic mass is 35.5. The second-order valence-corrected chi connectivity index (χ2v) is 5.85. The van der Waals surface area contributed by atoms with Crippen LogP contribution in [0, 0.1) is 6.92 Å². The Morgan fingerprint density at radius 1 is 1.44 bits per heavy atom. The van der Waals surface area contributed by atoms with E-state index in [2.05, 4.69) is 0 Å². The summed E-state index contributed by atoms with van der Waals surface area (Å²) >= 11 is 10.8. The van der Waals surface area contributed by atoms with Crippen molar-refractivity contribution in [1.82, 2.24) is 4.90 Å². The predicted molar refractivity (Wildman–Crippen MR) is 71.4 cm³/mol. The van der Waals surface area contributed by atoms with Crippen molar-refractivity contribution in [2.45, 2.75) is 11.8 Å². The minimum absolute atomic E-state index is 0.0181. The van der Waals surface area contributed by atoms with Gasteiger partial charge in [-0.25, -0.2) is 0 Å². The third-order valence-corrected chi connectivity index (χ3v) is 3.57. The number of hydrogen-bond acceptors (Lipinski definition) is 4. The summed E-state index contributed by atoms with van der Waals surface area (Å²) in [7, 11) is -1.42. The van der Waals surface area contributed by atoms with Crippen LogP contribution in [0.2, 0.25) is 5.02 Å². The third kappa shape index (κ3) is 3.54. The molecule has 0 unspecified atom stereocenters. The molecule has 8 heteroatoms. The topological polar surface area (TPSA) is 46.6 Å². The molecule has 0 radical (unpaired) electrons. The number of ether oxygens (including phenoxy) is 1. The lowest BCUT2D eigenvalue weighted by molar-refractivity contribution is 0.447. The van der Waals surface area contributed by atoms with Crippen molar-refractivity contribution in [2.75, 3.05) is 14.1 Å². The molecule has 4 nitrogen and oxygen atoms in total. The summed E-state index contributed by atoms with van der Waals surface area (Å²) < 4.78 is 39.7. The molecule has 0 aromatic heterocycles. The molecule has 1 rings (SSSR count). The van der Waals surface area contributed by atoms with Crippen LogP contribution in [-0.2, 0) is 10.2 Å². The first kappa shape index (κ1) is 15.1. The summed E-state index contributed by atoms with van der Waals surface area (Å²) in [5.74, 6) is 0.211. The van der Waals surface area contributed by atoms with Gasteiger partial charge >= 0.3 is 10.2 Å². The highest BCUT2D eigenvalue weighted by Gasteiger charge is 2.18. The van der Waals surface area contributed by atoms with Gasteiger partial charge in [-0.05, 0) is 36.8 Å². The Morgan fingerprint density at radius 2 is 2.00 bits per heavy atom. The van der Waals surface area contributed by atoms with Crippen molar-refractivity contribution in [3.8, 4) is 5.75 Å². The second kappa shape index (κ2) is 5.38. The van der Waals surface area contributed by atoms with Crippen LogP contribution in [0.4, 0.5) is 3.89 Å². The van der Waals surface area contributed by atoms with E-state index in [9.17, 15) is 12.3 Å². The molecule has 0 atom stereocenters. The van der Waals surface area contributed by atoms with Crippen LogP contribution in [0.3, 0.4) is 0 Å². The Kier molecular flexibility index (Phi) is 4.52. The fraction of sp³-hybridized carbons (Fsp3) is 0.300. The molecule has 0 N–H and O–H groups in total. The zero-order chi connectivity index (χ0) is 14.1. The fourth-order valence-electron chi connectivity index (χ4n) is 1.15. The van der Waals surface area contributed by atoms with Gasteiger partial charge in [0.1, 0.15) is 4.90 Å². The van der Waals surface area contributed by atoms with Gasteiger partial charge in [0, 0.05) is 14.1 Å². The van der Waals surface area contributed by atoms with Crippen LogP contribution in [0.15, 0.2) is 17.0 Å². The summed E-state index contributed by atoms with van der Waals surface area (Å²) in [5.41, 5.74) is 0.378. The Hall–Kier alpha value is -0.920. The van der Waals surface area contributed by atoms with Crippen molar-refractivity contribution in [3.63, 3.8) is 0 Å². The first-order chi connectivity index (χ1) is 8.12. The SMILES string of the molecule is Cc1cc(S(=O)(=O)F)cc(Cl)c1OC(=S)N(C)C. The van der Waals surface area contributed by atoms with Gasteiger partial charge < -0.3 is 9.64 Å². The van der Waals surface area contributed by atoms with Gasteiger partial charge in [0.05, 0.1) is 5.02 Å². The molecule has 1 aromatic rings. The van der Waals surface area contributed by atoms with Gasteiger partial charge in [0.15, 0.2) is 5.75 Å². The normalized spacial score (nSPS) is 11.2. The molecule has 0 heterocycles. The largest absolute Gasteiger partial charge is 0.430 e. The monoisotopic (exact) mass is 311 g/mol. The van der Waals surface area contributed by atoms with E-state index in [-0.39, 0.29) is 15.9 Å². The predicted octanol–water partition coefficient (Wildman–Crippen LogP) is 2.53. The van der Waals surface area contributed by atoms with Crippen LogP contribution < -0.4 is 4.74 Å². The lowest BCUT2D eigenvalue weighted by Crippen LogP contribution is -2.25. The molecular formula is C10H11ClFNO3S2. The Labute approximate surface area is 116 Å². The van der Waals surface area contributed by atoms with E-state index in [4.69, 9.17) is 28.6 Å². The van der Waals surface area contributed by atoms with Crippen molar-refractivity contribution in [3.05, 3.63) is 22.7 Å². The molecule has 0 fully saturated rings. The van der Waals surface area contributed by atoms with E-state index in [1.165, 1.54) is 0 Å². The molecule has 0 aliphatic carbocycles. The average molecular weight is 312 g/mol. The standard InChI is InChI=1S/C10H11ClFNO3S2/c1-6-4-7(18(12,14)15)5-8(11)9(6)16-10(17)13(2)3/h4-5H,1-3H3. The molecule has 0 amide bonds. The maximum absolute atomic E-state index is 12.8. The van der Waals surface area contributed by atoms with Crippen molar-refractivity contribution < 1.29 is 17.0 Å². The molecule has 0 spiro atoms. The number of halogens is 2. The molecule has 0 bridgehead atoms. The zero-order valence-electron chi connectivity index (χ0n) is 9.90. The summed E-state index contributed by atoms with van der Waals surface area (Å²) in [6.07, 6.45) is 0. The molecule has 0 aliphatic rings. The van der Waals surface area contributed by atoms with Crippen molar-refractivity contribution >= 4 is 39.2 Å². The van der Waals surface area contributed by atoms with Crippen LogP contribution in [-0.4, -0.2) is 32.6 Å². The Balaban J connectivity index is 3.22. The smallest absolute Gasteiger partial charge is 0.332 e. The fourth-order valence-corrected chi connectivity index (χ4v) is 2.18. The Bertz CT molecular complexity index is 564. The van der Waals surface area contributed by atoms with Crippen molar-refractivity contribution in [2.24, 2.45) is 0 Å². The highest BCUT2D eigenvalue weighted by molar-refractivity contribution is 7.86. The van der Waals surface area contributed by atoms with E-state index >= 15 is 0 Å². The second-order valence-electron chi connectivity index (χ2n) is 3.75. The Morgan fingerprint density at radius 3 is 2.39 bits per heavy atom. The zero-order valence-corrected chi connectivity index (χ0v) is 12.3. The van der Waals surface area contributed by atoms with E-state index in [0.717, 1.165) is 12.1 Å².